The van der Waals surface area contributed by atoms with E-state index in [2.05, 4.69) is 10.6 Å². The summed E-state index contributed by atoms with van der Waals surface area (Å²) in [5.41, 5.74) is 3.90. The van der Waals surface area contributed by atoms with E-state index in [9.17, 15) is 9.59 Å². The highest BCUT2D eigenvalue weighted by Gasteiger charge is 2.13. The number of aryl methyl sites for hydroxylation is 2. The second-order valence-corrected chi connectivity index (χ2v) is 7.26. The molecule has 3 aromatic carbocycles. The van der Waals surface area contributed by atoms with Crippen LogP contribution in [0.15, 0.2) is 60.7 Å². The lowest BCUT2D eigenvalue weighted by atomic mass is 10.1. The molecule has 0 atom stereocenters. The van der Waals surface area contributed by atoms with Crippen molar-refractivity contribution in [1.82, 2.24) is 0 Å². The average Bonchev–Trinajstić information content (AvgIpc) is 2.77. The number of anilines is 2. The zero-order valence-electron chi connectivity index (χ0n) is 18.5. The van der Waals surface area contributed by atoms with Gasteiger partial charge in [0, 0.05) is 16.9 Å². The molecule has 0 aliphatic heterocycles. The minimum atomic E-state index is -0.325. The lowest BCUT2D eigenvalue weighted by Gasteiger charge is -2.13. The highest BCUT2D eigenvalue weighted by molar-refractivity contribution is 6.04. The van der Waals surface area contributed by atoms with Crippen LogP contribution in [0.5, 0.6) is 17.2 Å². The van der Waals surface area contributed by atoms with E-state index in [1.807, 2.05) is 32.0 Å². The van der Waals surface area contributed by atoms with Crippen LogP contribution in [-0.4, -0.2) is 32.6 Å². The van der Waals surface area contributed by atoms with E-state index in [1.54, 1.807) is 49.6 Å². The molecule has 2 N–H and O–H groups in total. The Kier molecular flexibility index (Phi) is 7.33. The normalized spacial score (nSPS) is 10.2. The Labute approximate surface area is 187 Å². The number of methoxy groups -OCH3 is 2. The molecule has 32 heavy (non-hydrogen) atoms. The van der Waals surface area contributed by atoms with Crippen molar-refractivity contribution in [3.63, 3.8) is 0 Å². The Morgan fingerprint density at radius 1 is 0.750 bits per heavy atom. The molecule has 3 rings (SSSR count). The molecule has 3 aromatic rings. The number of hydrogen-bond acceptors (Lipinski definition) is 5. The molecule has 2 amide bonds. The third-order valence-corrected chi connectivity index (χ3v) is 4.64. The summed E-state index contributed by atoms with van der Waals surface area (Å²) in [7, 11) is 3.05. The highest BCUT2D eigenvalue weighted by Crippen LogP contribution is 2.28. The summed E-state index contributed by atoms with van der Waals surface area (Å²) in [6.07, 6.45) is 0. The molecule has 7 heteroatoms. The topological polar surface area (TPSA) is 85.9 Å². The average molecular weight is 434 g/mol. The van der Waals surface area contributed by atoms with Crippen LogP contribution in [0.25, 0.3) is 0 Å². The SMILES string of the molecule is COc1ccc(NC(=O)COc2ccc(C(=O)Nc3cc(C)cc(C)c3)cc2OC)cc1. The van der Waals surface area contributed by atoms with Crippen LogP contribution in [0.2, 0.25) is 0 Å². The van der Waals surface area contributed by atoms with Gasteiger partial charge >= 0.3 is 0 Å². The fourth-order valence-corrected chi connectivity index (χ4v) is 3.19. The number of benzene rings is 3. The molecular weight excluding hydrogens is 408 g/mol. The Morgan fingerprint density at radius 3 is 2.06 bits per heavy atom. The van der Waals surface area contributed by atoms with Gasteiger partial charge in [-0.1, -0.05) is 6.07 Å². The van der Waals surface area contributed by atoms with Crippen LogP contribution in [0.3, 0.4) is 0 Å². The summed E-state index contributed by atoms with van der Waals surface area (Å²) < 4.78 is 16.0. The van der Waals surface area contributed by atoms with Crippen LogP contribution in [0.4, 0.5) is 11.4 Å². The highest BCUT2D eigenvalue weighted by atomic mass is 16.5. The number of carbonyl (C=O) groups is 2. The summed E-state index contributed by atoms with van der Waals surface area (Å²) in [6, 6.07) is 17.6. The number of hydrogen-bond donors (Lipinski definition) is 2. The van der Waals surface area contributed by atoms with Gasteiger partial charge in [0.15, 0.2) is 18.1 Å². The molecule has 0 fully saturated rings. The summed E-state index contributed by atoms with van der Waals surface area (Å²) in [6.45, 7) is 3.74. The van der Waals surface area contributed by atoms with Crippen molar-refractivity contribution >= 4 is 23.2 Å². The van der Waals surface area contributed by atoms with Crippen LogP contribution < -0.4 is 24.8 Å². The van der Waals surface area contributed by atoms with Crippen LogP contribution >= 0.6 is 0 Å². The van der Waals surface area contributed by atoms with Crippen LogP contribution in [0, 0.1) is 13.8 Å². The van der Waals surface area contributed by atoms with Gasteiger partial charge in [-0.15, -0.1) is 0 Å². The van der Waals surface area contributed by atoms with Gasteiger partial charge in [-0.2, -0.15) is 0 Å². The molecule has 0 heterocycles. The molecule has 166 valence electrons. The predicted octanol–water partition coefficient (Wildman–Crippen LogP) is 4.59. The zero-order chi connectivity index (χ0) is 23.1. The zero-order valence-corrected chi connectivity index (χ0v) is 18.5. The van der Waals surface area contributed by atoms with Crippen molar-refractivity contribution in [2.45, 2.75) is 13.8 Å². The Bertz CT molecular complexity index is 1090. The van der Waals surface area contributed by atoms with Crippen molar-refractivity contribution in [2.75, 3.05) is 31.5 Å². The number of rotatable bonds is 8. The van der Waals surface area contributed by atoms with Gasteiger partial charge in [0.25, 0.3) is 11.8 Å². The lowest BCUT2D eigenvalue weighted by molar-refractivity contribution is -0.118. The fourth-order valence-electron chi connectivity index (χ4n) is 3.19. The van der Waals surface area contributed by atoms with E-state index < -0.39 is 0 Å². The third-order valence-electron chi connectivity index (χ3n) is 4.64. The number of ether oxygens (including phenoxy) is 3. The standard InChI is InChI=1S/C25H26N2O5/c1-16-11-17(2)13-20(12-16)27-25(29)18-5-10-22(23(14-18)31-4)32-15-24(28)26-19-6-8-21(30-3)9-7-19/h5-14H,15H2,1-4H3,(H,26,28)(H,27,29). The Morgan fingerprint density at radius 2 is 1.44 bits per heavy atom. The summed E-state index contributed by atoms with van der Waals surface area (Å²) in [5.74, 6) is 0.826. The smallest absolute Gasteiger partial charge is 0.262 e. The monoisotopic (exact) mass is 434 g/mol. The molecule has 0 saturated carbocycles. The van der Waals surface area contributed by atoms with Crippen LogP contribution in [0.1, 0.15) is 21.5 Å². The first-order valence-corrected chi connectivity index (χ1v) is 10.0. The molecule has 0 spiro atoms. The van der Waals surface area contributed by atoms with Gasteiger partial charge in [0.05, 0.1) is 14.2 Å². The van der Waals surface area contributed by atoms with Gasteiger partial charge < -0.3 is 24.8 Å². The minimum Gasteiger partial charge on any atom is -0.497 e. The second-order valence-electron chi connectivity index (χ2n) is 7.26. The maximum atomic E-state index is 12.7. The van der Waals surface area contributed by atoms with Gasteiger partial charge in [-0.25, -0.2) is 0 Å². The fraction of sp³-hybridized carbons (Fsp3) is 0.200. The molecule has 0 aromatic heterocycles. The van der Waals surface area contributed by atoms with Crippen molar-refractivity contribution in [1.29, 1.82) is 0 Å². The van der Waals surface area contributed by atoms with Gasteiger partial charge in [-0.3, -0.25) is 9.59 Å². The molecule has 0 unspecified atom stereocenters. The molecule has 7 nitrogen and oxygen atoms in total. The van der Waals surface area contributed by atoms with E-state index in [4.69, 9.17) is 14.2 Å². The van der Waals surface area contributed by atoms with E-state index >= 15 is 0 Å². The summed E-state index contributed by atoms with van der Waals surface area (Å²) >= 11 is 0. The van der Waals surface area contributed by atoms with E-state index in [1.165, 1.54) is 7.11 Å². The minimum absolute atomic E-state index is 0.212. The van der Waals surface area contributed by atoms with E-state index in [-0.39, 0.29) is 18.4 Å². The number of carbonyl (C=O) groups excluding carboxylic acids is 2. The van der Waals surface area contributed by atoms with Gasteiger partial charge in [0.2, 0.25) is 0 Å². The quantitative estimate of drug-likeness (QED) is 0.542. The van der Waals surface area contributed by atoms with Crippen molar-refractivity contribution in [3.05, 3.63) is 77.4 Å². The Balaban J connectivity index is 1.62. The summed E-state index contributed by atoms with van der Waals surface area (Å²) in [4.78, 5) is 24.9. The largest absolute Gasteiger partial charge is 0.497 e. The van der Waals surface area contributed by atoms with Crippen LogP contribution in [-0.2, 0) is 4.79 Å². The summed E-state index contributed by atoms with van der Waals surface area (Å²) in [5, 5.41) is 5.63. The second kappa shape index (κ2) is 10.3. The molecule has 0 bridgehead atoms. The lowest BCUT2D eigenvalue weighted by Crippen LogP contribution is -2.20. The van der Waals surface area contributed by atoms with E-state index in [0.29, 0.717) is 28.5 Å². The number of amides is 2. The predicted molar refractivity (Wildman–Crippen MR) is 124 cm³/mol. The molecule has 0 saturated heterocycles. The maximum absolute atomic E-state index is 12.7. The van der Waals surface area contributed by atoms with Gasteiger partial charge in [0.1, 0.15) is 5.75 Å². The maximum Gasteiger partial charge on any atom is 0.262 e. The van der Waals surface area contributed by atoms with Gasteiger partial charge in [-0.05, 0) is 79.6 Å². The van der Waals surface area contributed by atoms with Crippen molar-refractivity contribution < 1.29 is 23.8 Å². The first-order valence-electron chi connectivity index (χ1n) is 10.0. The number of nitrogens with one attached hydrogen (secondary N) is 2. The third kappa shape index (κ3) is 6.01. The van der Waals surface area contributed by atoms with Crippen molar-refractivity contribution in [3.8, 4) is 17.2 Å². The first-order chi connectivity index (χ1) is 15.4. The molecule has 0 aliphatic carbocycles. The van der Waals surface area contributed by atoms with E-state index in [0.717, 1.165) is 16.8 Å². The molecular formula is C25H26N2O5. The van der Waals surface area contributed by atoms with Crippen molar-refractivity contribution in [2.24, 2.45) is 0 Å². The molecule has 0 radical (unpaired) electrons. The first kappa shape index (κ1) is 22.7. The molecule has 0 aliphatic rings. The Hall–Kier alpha value is -4.00.